The summed E-state index contributed by atoms with van der Waals surface area (Å²) in [5, 5.41) is 2.49. The van der Waals surface area contributed by atoms with Crippen LogP contribution in [0.5, 0.6) is 0 Å². The molecule has 1 amide bonds. The molecule has 0 fully saturated rings. The summed E-state index contributed by atoms with van der Waals surface area (Å²) in [5.74, 6) is -2.37. The average molecular weight is 294 g/mol. The molecule has 0 bridgehead atoms. The first-order chi connectivity index (χ1) is 9.88. The van der Waals surface area contributed by atoms with Crippen molar-refractivity contribution >= 4 is 17.4 Å². The van der Waals surface area contributed by atoms with E-state index in [0.717, 1.165) is 12.1 Å². The molecule has 2 rings (SSSR count). The SMILES string of the molecule is O=C(Nc1ccc(C(=O)C(F)(F)F)cc1)c1cccnc1. The van der Waals surface area contributed by atoms with Gasteiger partial charge in [0.05, 0.1) is 5.56 Å². The van der Waals surface area contributed by atoms with E-state index in [4.69, 9.17) is 0 Å². The van der Waals surface area contributed by atoms with E-state index in [1.54, 1.807) is 12.1 Å². The Morgan fingerprint density at radius 3 is 2.19 bits per heavy atom. The van der Waals surface area contributed by atoms with E-state index in [0.29, 0.717) is 5.56 Å². The van der Waals surface area contributed by atoms with Crippen molar-refractivity contribution in [1.82, 2.24) is 4.98 Å². The number of ketones is 1. The Kier molecular flexibility index (Phi) is 4.02. The summed E-state index contributed by atoms with van der Waals surface area (Å²) in [6.45, 7) is 0. The molecule has 0 aliphatic heterocycles. The van der Waals surface area contributed by atoms with Gasteiger partial charge in [-0.1, -0.05) is 0 Å². The molecule has 0 atom stereocenters. The maximum Gasteiger partial charge on any atom is 0.454 e. The lowest BCUT2D eigenvalue weighted by molar-refractivity contribution is -0.0885. The van der Waals surface area contributed by atoms with Gasteiger partial charge in [-0.2, -0.15) is 13.2 Å². The summed E-state index contributed by atoms with van der Waals surface area (Å²) in [4.78, 5) is 26.6. The van der Waals surface area contributed by atoms with E-state index in [2.05, 4.69) is 10.3 Å². The van der Waals surface area contributed by atoms with Crippen molar-refractivity contribution in [2.45, 2.75) is 6.18 Å². The van der Waals surface area contributed by atoms with Crippen LogP contribution in [0.2, 0.25) is 0 Å². The molecule has 0 radical (unpaired) electrons. The van der Waals surface area contributed by atoms with Crippen LogP contribution in [-0.4, -0.2) is 22.9 Å². The lowest BCUT2D eigenvalue weighted by Gasteiger charge is -2.07. The fraction of sp³-hybridized carbons (Fsp3) is 0.0714. The first kappa shape index (κ1) is 14.7. The van der Waals surface area contributed by atoms with E-state index in [9.17, 15) is 22.8 Å². The number of Topliss-reactive ketones (excluding diaryl/α,β-unsaturated/α-hetero) is 1. The molecule has 0 saturated carbocycles. The molecule has 1 aromatic carbocycles. The van der Waals surface area contributed by atoms with Crippen molar-refractivity contribution in [2.24, 2.45) is 0 Å². The minimum Gasteiger partial charge on any atom is -0.322 e. The van der Waals surface area contributed by atoms with Crippen molar-refractivity contribution in [3.63, 3.8) is 0 Å². The molecule has 1 N–H and O–H groups in total. The maximum atomic E-state index is 12.2. The molecule has 7 heteroatoms. The summed E-state index contributed by atoms with van der Waals surface area (Å²) >= 11 is 0. The standard InChI is InChI=1S/C14H9F3N2O2/c15-14(16,17)12(20)9-3-5-11(6-4-9)19-13(21)10-2-1-7-18-8-10/h1-8H,(H,19,21). The van der Waals surface area contributed by atoms with Crippen molar-refractivity contribution in [1.29, 1.82) is 0 Å². The van der Waals surface area contributed by atoms with Gasteiger partial charge >= 0.3 is 6.18 Å². The van der Waals surface area contributed by atoms with Gasteiger partial charge in [0.15, 0.2) is 0 Å². The number of amides is 1. The predicted molar refractivity (Wildman–Crippen MR) is 69.0 cm³/mol. The van der Waals surface area contributed by atoms with Gasteiger partial charge in [-0.15, -0.1) is 0 Å². The first-order valence-corrected chi connectivity index (χ1v) is 5.81. The number of nitrogens with one attached hydrogen (secondary N) is 1. The largest absolute Gasteiger partial charge is 0.454 e. The van der Waals surface area contributed by atoms with Crippen molar-refractivity contribution < 1.29 is 22.8 Å². The lowest BCUT2D eigenvalue weighted by atomic mass is 10.1. The van der Waals surface area contributed by atoms with Crippen LogP contribution in [0.3, 0.4) is 0 Å². The fourth-order valence-corrected chi connectivity index (χ4v) is 1.57. The molecular weight excluding hydrogens is 285 g/mol. The van der Waals surface area contributed by atoms with Gasteiger partial charge in [-0.3, -0.25) is 14.6 Å². The molecule has 1 aromatic heterocycles. The minimum absolute atomic E-state index is 0.280. The summed E-state index contributed by atoms with van der Waals surface area (Å²) in [6, 6.07) is 7.60. The normalized spacial score (nSPS) is 11.0. The predicted octanol–water partition coefficient (Wildman–Crippen LogP) is 3.08. The molecule has 0 saturated heterocycles. The zero-order valence-electron chi connectivity index (χ0n) is 10.5. The van der Waals surface area contributed by atoms with Crippen LogP contribution in [0.4, 0.5) is 18.9 Å². The number of benzene rings is 1. The number of carbonyl (C=O) groups excluding carboxylic acids is 2. The fourth-order valence-electron chi connectivity index (χ4n) is 1.57. The second-order valence-corrected chi connectivity index (χ2v) is 4.10. The van der Waals surface area contributed by atoms with Crippen LogP contribution in [0.25, 0.3) is 0 Å². The van der Waals surface area contributed by atoms with E-state index >= 15 is 0 Å². The van der Waals surface area contributed by atoms with Crippen molar-refractivity contribution in [2.75, 3.05) is 5.32 Å². The number of hydrogen-bond acceptors (Lipinski definition) is 3. The number of carbonyl (C=O) groups is 2. The zero-order valence-corrected chi connectivity index (χ0v) is 10.5. The third-order valence-corrected chi connectivity index (χ3v) is 2.59. The van der Waals surface area contributed by atoms with Crippen molar-refractivity contribution in [3.05, 3.63) is 59.9 Å². The molecule has 1 heterocycles. The first-order valence-electron chi connectivity index (χ1n) is 5.81. The number of pyridine rings is 1. The van der Waals surface area contributed by atoms with Gasteiger partial charge in [-0.05, 0) is 36.4 Å². The smallest absolute Gasteiger partial charge is 0.322 e. The Morgan fingerprint density at radius 2 is 1.67 bits per heavy atom. The maximum absolute atomic E-state index is 12.2. The Balaban J connectivity index is 2.10. The Morgan fingerprint density at radius 1 is 1.00 bits per heavy atom. The summed E-state index contributed by atoms with van der Waals surface area (Å²) < 4.78 is 36.7. The van der Waals surface area contributed by atoms with Gasteiger partial charge in [-0.25, -0.2) is 0 Å². The second kappa shape index (κ2) is 5.74. The topological polar surface area (TPSA) is 59.1 Å². The average Bonchev–Trinajstić information content (AvgIpc) is 2.47. The number of halogens is 3. The number of nitrogens with zero attached hydrogens (tertiary/aromatic N) is 1. The number of alkyl halides is 3. The van der Waals surface area contributed by atoms with Crippen LogP contribution in [0, 0.1) is 0 Å². The van der Waals surface area contributed by atoms with E-state index in [1.807, 2.05) is 0 Å². The van der Waals surface area contributed by atoms with Gasteiger partial charge in [0.2, 0.25) is 0 Å². The molecule has 0 aliphatic rings. The van der Waals surface area contributed by atoms with Crippen LogP contribution in [0.1, 0.15) is 20.7 Å². The van der Waals surface area contributed by atoms with Crippen LogP contribution in [-0.2, 0) is 0 Å². The van der Waals surface area contributed by atoms with Crippen LogP contribution < -0.4 is 5.32 Å². The molecule has 4 nitrogen and oxygen atoms in total. The lowest BCUT2D eigenvalue weighted by Crippen LogP contribution is -2.22. The molecule has 0 spiro atoms. The van der Waals surface area contributed by atoms with E-state index in [-0.39, 0.29) is 5.69 Å². The molecular formula is C14H9F3N2O2. The highest BCUT2D eigenvalue weighted by molar-refractivity contribution is 6.04. The monoisotopic (exact) mass is 294 g/mol. The summed E-state index contributed by atoms with van der Waals surface area (Å²) in [6.07, 6.45) is -2.05. The number of anilines is 1. The Bertz CT molecular complexity index is 652. The van der Waals surface area contributed by atoms with Gasteiger partial charge < -0.3 is 5.32 Å². The molecule has 2 aromatic rings. The number of rotatable bonds is 3. The quantitative estimate of drug-likeness (QED) is 0.885. The number of hydrogen-bond donors (Lipinski definition) is 1. The zero-order chi connectivity index (χ0) is 15.5. The van der Waals surface area contributed by atoms with Gasteiger partial charge in [0.1, 0.15) is 0 Å². The molecule has 0 unspecified atom stereocenters. The summed E-state index contributed by atoms with van der Waals surface area (Å²) in [5.41, 5.74) is 0.109. The van der Waals surface area contributed by atoms with Crippen molar-refractivity contribution in [3.8, 4) is 0 Å². The number of aromatic nitrogens is 1. The third kappa shape index (κ3) is 3.65. The van der Waals surface area contributed by atoms with Gasteiger partial charge in [0, 0.05) is 23.6 Å². The highest BCUT2D eigenvalue weighted by Crippen LogP contribution is 2.22. The van der Waals surface area contributed by atoms with Gasteiger partial charge in [0.25, 0.3) is 11.7 Å². The summed E-state index contributed by atoms with van der Waals surface area (Å²) in [7, 11) is 0. The van der Waals surface area contributed by atoms with Crippen LogP contribution >= 0.6 is 0 Å². The molecule has 108 valence electrons. The molecule has 21 heavy (non-hydrogen) atoms. The van der Waals surface area contributed by atoms with E-state index in [1.165, 1.54) is 24.5 Å². The van der Waals surface area contributed by atoms with Crippen LogP contribution in [0.15, 0.2) is 48.8 Å². The Labute approximate surface area is 117 Å². The Hall–Kier alpha value is -2.70. The van der Waals surface area contributed by atoms with E-state index < -0.39 is 23.4 Å². The minimum atomic E-state index is -4.92. The second-order valence-electron chi connectivity index (χ2n) is 4.10. The highest BCUT2D eigenvalue weighted by Gasteiger charge is 2.39. The highest BCUT2D eigenvalue weighted by atomic mass is 19.4. The molecule has 0 aliphatic carbocycles. The third-order valence-electron chi connectivity index (χ3n) is 2.59.